The monoisotopic (exact) mass is 216 g/mol. The van der Waals surface area contributed by atoms with E-state index in [1.165, 1.54) is 6.07 Å². The van der Waals surface area contributed by atoms with Crippen molar-refractivity contribution in [2.75, 3.05) is 0 Å². The molecule has 1 aliphatic heterocycles. The van der Waals surface area contributed by atoms with Crippen LogP contribution >= 0.6 is 0 Å². The lowest BCUT2D eigenvalue weighted by atomic mass is 10.0. The molecule has 0 fully saturated rings. The van der Waals surface area contributed by atoms with Crippen molar-refractivity contribution in [1.29, 1.82) is 0 Å². The maximum Gasteiger partial charge on any atom is 0.336 e. The van der Waals surface area contributed by atoms with Crippen molar-refractivity contribution in [3.8, 4) is 5.75 Å². The summed E-state index contributed by atoms with van der Waals surface area (Å²) in [5.74, 6) is 0.914. The standard InChI is InChI=1S/C13H12O3/c1-7-5-12(14)16-11-4-3-10-9(13(7)11)6-8(2)15-10/h3-5,8H,6H2,1-2H3. The molecule has 0 saturated carbocycles. The van der Waals surface area contributed by atoms with Gasteiger partial charge in [-0.1, -0.05) is 0 Å². The highest BCUT2D eigenvalue weighted by Crippen LogP contribution is 2.35. The third-order valence-electron chi connectivity index (χ3n) is 2.99. The molecule has 3 heteroatoms. The minimum atomic E-state index is -0.295. The molecular formula is C13H12O3. The third kappa shape index (κ3) is 1.24. The van der Waals surface area contributed by atoms with E-state index in [1.54, 1.807) is 6.07 Å². The number of aryl methyl sites for hydroxylation is 1. The quantitative estimate of drug-likeness (QED) is 0.635. The van der Waals surface area contributed by atoms with Crippen LogP contribution < -0.4 is 10.4 Å². The zero-order chi connectivity index (χ0) is 11.3. The highest BCUT2D eigenvalue weighted by atomic mass is 16.5. The molecule has 16 heavy (non-hydrogen) atoms. The highest BCUT2D eigenvalue weighted by Gasteiger charge is 2.22. The third-order valence-corrected chi connectivity index (χ3v) is 2.99. The molecule has 0 radical (unpaired) electrons. The van der Waals surface area contributed by atoms with Crippen LogP contribution in [-0.2, 0) is 6.42 Å². The van der Waals surface area contributed by atoms with Gasteiger partial charge in [-0.25, -0.2) is 4.79 Å². The predicted octanol–water partition coefficient (Wildman–Crippen LogP) is 2.42. The van der Waals surface area contributed by atoms with Gasteiger partial charge in [0, 0.05) is 23.4 Å². The molecule has 2 aromatic rings. The normalized spacial score (nSPS) is 18.5. The fraction of sp³-hybridized carbons (Fsp3) is 0.308. The molecule has 0 saturated heterocycles. The second kappa shape index (κ2) is 3.11. The molecule has 0 spiro atoms. The molecule has 1 aliphatic rings. The molecular weight excluding hydrogens is 204 g/mol. The number of rotatable bonds is 0. The first-order valence-corrected chi connectivity index (χ1v) is 5.38. The molecule has 2 heterocycles. The number of hydrogen-bond acceptors (Lipinski definition) is 3. The first-order valence-electron chi connectivity index (χ1n) is 5.38. The Labute approximate surface area is 92.6 Å². The second-order valence-corrected chi connectivity index (χ2v) is 4.30. The zero-order valence-corrected chi connectivity index (χ0v) is 9.24. The van der Waals surface area contributed by atoms with E-state index in [1.807, 2.05) is 19.9 Å². The molecule has 1 atom stereocenters. The van der Waals surface area contributed by atoms with Crippen LogP contribution in [0.4, 0.5) is 0 Å². The Morgan fingerprint density at radius 2 is 2.19 bits per heavy atom. The van der Waals surface area contributed by atoms with Gasteiger partial charge in [0.05, 0.1) is 0 Å². The van der Waals surface area contributed by atoms with Crippen LogP contribution in [-0.4, -0.2) is 6.10 Å². The van der Waals surface area contributed by atoms with Crippen molar-refractivity contribution in [2.45, 2.75) is 26.4 Å². The van der Waals surface area contributed by atoms with Gasteiger partial charge in [-0.15, -0.1) is 0 Å². The summed E-state index contributed by atoms with van der Waals surface area (Å²) >= 11 is 0. The summed E-state index contributed by atoms with van der Waals surface area (Å²) in [4.78, 5) is 11.3. The lowest BCUT2D eigenvalue weighted by Gasteiger charge is -2.05. The molecule has 0 bridgehead atoms. The van der Waals surface area contributed by atoms with Crippen LogP contribution in [0.1, 0.15) is 18.1 Å². The average Bonchev–Trinajstić information content (AvgIpc) is 2.56. The molecule has 3 rings (SSSR count). The summed E-state index contributed by atoms with van der Waals surface area (Å²) in [7, 11) is 0. The largest absolute Gasteiger partial charge is 0.490 e. The Kier molecular flexibility index (Phi) is 1.84. The van der Waals surface area contributed by atoms with E-state index in [0.717, 1.165) is 28.7 Å². The van der Waals surface area contributed by atoms with Gasteiger partial charge in [0.15, 0.2) is 0 Å². The van der Waals surface area contributed by atoms with Gasteiger partial charge >= 0.3 is 5.63 Å². The van der Waals surface area contributed by atoms with E-state index < -0.39 is 0 Å². The average molecular weight is 216 g/mol. The maximum absolute atomic E-state index is 11.3. The Balaban J connectivity index is 2.42. The second-order valence-electron chi connectivity index (χ2n) is 4.30. The summed E-state index contributed by atoms with van der Waals surface area (Å²) < 4.78 is 10.9. The maximum atomic E-state index is 11.3. The van der Waals surface area contributed by atoms with Gasteiger partial charge < -0.3 is 9.15 Å². The lowest BCUT2D eigenvalue weighted by molar-refractivity contribution is 0.254. The Morgan fingerprint density at radius 1 is 1.38 bits per heavy atom. The summed E-state index contributed by atoms with van der Waals surface area (Å²) in [6.45, 7) is 3.97. The smallest absolute Gasteiger partial charge is 0.336 e. The predicted molar refractivity (Wildman–Crippen MR) is 61.0 cm³/mol. The van der Waals surface area contributed by atoms with Crippen molar-refractivity contribution in [2.24, 2.45) is 0 Å². The lowest BCUT2D eigenvalue weighted by Crippen LogP contribution is -2.05. The Hall–Kier alpha value is -1.77. The van der Waals surface area contributed by atoms with Crippen LogP contribution in [0.2, 0.25) is 0 Å². The number of ether oxygens (including phenoxy) is 1. The summed E-state index contributed by atoms with van der Waals surface area (Å²) in [5, 5.41) is 1.03. The number of hydrogen-bond donors (Lipinski definition) is 0. The minimum Gasteiger partial charge on any atom is -0.490 e. The topological polar surface area (TPSA) is 39.4 Å². The van der Waals surface area contributed by atoms with Crippen LogP contribution in [0.5, 0.6) is 5.75 Å². The summed E-state index contributed by atoms with van der Waals surface area (Å²) in [5.41, 5.74) is 2.48. The van der Waals surface area contributed by atoms with E-state index in [0.29, 0.717) is 5.58 Å². The van der Waals surface area contributed by atoms with Crippen molar-refractivity contribution < 1.29 is 9.15 Å². The molecule has 0 amide bonds. The molecule has 0 aliphatic carbocycles. The van der Waals surface area contributed by atoms with Crippen LogP contribution in [0.15, 0.2) is 27.4 Å². The SMILES string of the molecule is Cc1cc(=O)oc2ccc3c(c12)CC(C)O3. The van der Waals surface area contributed by atoms with E-state index in [4.69, 9.17) is 9.15 Å². The molecule has 0 N–H and O–H groups in total. The van der Waals surface area contributed by atoms with Crippen molar-refractivity contribution >= 4 is 11.0 Å². The van der Waals surface area contributed by atoms with Gasteiger partial charge in [-0.05, 0) is 31.5 Å². The molecule has 82 valence electrons. The summed E-state index contributed by atoms with van der Waals surface area (Å²) in [6, 6.07) is 5.22. The van der Waals surface area contributed by atoms with Gasteiger partial charge in [0.25, 0.3) is 0 Å². The van der Waals surface area contributed by atoms with E-state index in [2.05, 4.69) is 0 Å². The highest BCUT2D eigenvalue weighted by molar-refractivity contribution is 5.86. The number of fused-ring (bicyclic) bond motifs is 3. The van der Waals surface area contributed by atoms with Gasteiger partial charge in [-0.3, -0.25) is 0 Å². The molecule has 1 aromatic carbocycles. The van der Waals surface area contributed by atoms with E-state index in [9.17, 15) is 4.79 Å². The first kappa shape index (κ1) is 9.46. The summed E-state index contributed by atoms with van der Waals surface area (Å²) in [6.07, 6.45) is 1.08. The molecule has 1 aromatic heterocycles. The Morgan fingerprint density at radius 3 is 3.00 bits per heavy atom. The fourth-order valence-electron chi connectivity index (χ4n) is 2.37. The zero-order valence-electron chi connectivity index (χ0n) is 9.24. The van der Waals surface area contributed by atoms with Gasteiger partial charge in [0.1, 0.15) is 17.4 Å². The fourth-order valence-corrected chi connectivity index (χ4v) is 2.37. The van der Waals surface area contributed by atoms with Gasteiger partial charge in [0.2, 0.25) is 0 Å². The van der Waals surface area contributed by atoms with Crippen molar-refractivity contribution in [3.05, 3.63) is 39.7 Å². The van der Waals surface area contributed by atoms with Crippen LogP contribution in [0.3, 0.4) is 0 Å². The van der Waals surface area contributed by atoms with Crippen molar-refractivity contribution in [1.82, 2.24) is 0 Å². The van der Waals surface area contributed by atoms with Crippen LogP contribution in [0, 0.1) is 6.92 Å². The minimum absolute atomic E-state index is 0.201. The van der Waals surface area contributed by atoms with Gasteiger partial charge in [-0.2, -0.15) is 0 Å². The number of benzene rings is 1. The van der Waals surface area contributed by atoms with E-state index >= 15 is 0 Å². The molecule has 3 nitrogen and oxygen atoms in total. The molecule has 1 unspecified atom stereocenters. The van der Waals surface area contributed by atoms with Crippen LogP contribution in [0.25, 0.3) is 11.0 Å². The van der Waals surface area contributed by atoms with Crippen molar-refractivity contribution in [3.63, 3.8) is 0 Å². The Bertz CT molecular complexity index is 625. The van der Waals surface area contributed by atoms with E-state index in [-0.39, 0.29) is 11.7 Å². The first-order chi connectivity index (χ1) is 7.65.